The minimum absolute atomic E-state index is 0.0658. The smallest absolute Gasteiger partial charge is 0.256 e. The molecule has 4 aromatic rings. The highest BCUT2D eigenvalue weighted by Gasteiger charge is 2.28. The van der Waals surface area contributed by atoms with Crippen molar-refractivity contribution in [2.75, 3.05) is 18.5 Å². The van der Waals surface area contributed by atoms with E-state index in [2.05, 4.69) is 18.3 Å². The molecular weight excluding hydrogens is 478 g/mol. The summed E-state index contributed by atoms with van der Waals surface area (Å²) in [6.45, 7) is 5.58. The lowest BCUT2D eigenvalue weighted by Crippen LogP contribution is -2.33. The maximum absolute atomic E-state index is 13.3. The van der Waals surface area contributed by atoms with Gasteiger partial charge in [-0.1, -0.05) is 31.5 Å². The Bertz CT molecular complexity index is 1360. The van der Waals surface area contributed by atoms with E-state index in [1.54, 1.807) is 41.7 Å². The van der Waals surface area contributed by atoms with Crippen LogP contribution in [0.4, 0.5) is 5.00 Å². The molecule has 2 amide bonds. The fourth-order valence-corrected chi connectivity index (χ4v) is 6.57. The average molecular weight is 506 g/mol. The molecule has 180 valence electrons. The molecule has 1 N–H and O–H groups in total. The lowest BCUT2D eigenvalue weighted by molar-refractivity contribution is -0.129. The fourth-order valence-electron chi connectivity index (χ4n) is 4.20. The molecule has 0 atom stereocenters. The van der Waals surface area contributed by atoms with Gasteiger partial charge in [-0.2, -0.15) is 0 Å². The summed E-state index contributed by atoms with van der Waals surface area (Å²) in [6, 6.07) is 15.4. The maximum Gasteiger partial charge on any atom is 0.256 e. The van der Waals surface area contributed by atoms with Crippen LogP contribution in [0.3, 0.4) is 0 Å². The van der Waals surface area contributed by atoms with Gasteiger partial charge in [-0.25, -0.2) is 4.98 Å². The van der Waals surface area contributed by atoms with Gasteiger partial charge in [0, 0.05) is 29.5 Å². The van der Waals surface area contributed by atoms with Crippen LogP contribution in [0, 0.1) is 0 Å². The summed E-state index contributed by atoms with van der Waals surface area (Å²) < 4.78 is 6.90. The summed E-state index contributed by atoms with van der Waals surface area (Å²) >= 11 is 3.17. The van der Waals surface area contributed by atoms with Crippen molar-refractivity contribution in [3.05, 3.63) is 64.5 Å². The normalized spacial score (nSPS) is 13.0. The van der Waals surface area contributed by atoms with E-state index in [0.29, 0.717) is 31.0 Å². The van der Waals surface area contributed by atoms with E-state index in [1.807, 2.05) is 35.2 Å². The minimum atomic E-state index is -0.185. The minimum Gasteiger partial charge on any atom is -0.494 e. The van der Waals surface area contributed by atoms with Gasteiger partial charge in [0.15, 0.2) is 0 Å². The van der Waals surface area contributed by atoms with Gasteiger partial charge in [-0.05, 0) is 48.7 Å². The number of unbranched alkanes of at least 4 members (excludes halogenated alkanes) is 1. The molecular formula is C27H27N3O3S2. The number of anilines is 1. The SMILES string of the molecule is CCCCOc1cccc(C(=O)Nc2sc3c(c2-c2nc4ccccc4s2)CCN(C(C)=O)C3)c1. The zero-order valence-corrected chi connectivity index (χ0v) is 21.4. The van der Waals surface area contributed by atoms with Gasteiger partial charge in [0.25, 0.3) is 5.91 Å². The zero-order valence-electron chi connectivity index (χ0n) is 19.8. The fraction of sp³-hybridized carbons (Fsp3) is 0.296. The van der Waals surface area contributed by atoms with Gasteiger partial charge in [-0.3, -0.25) is 9.59 Å². The summed E-state index contributed by atoms with van der Waals surface area (Å²) in [4.78, 5) is 33.2. The van der Waals surface area contributed by atoms with Gasteiger partial charge in [0.1, 0.15) is 15.8 Å². The number of hydrogen-bond acceptors (Lipinski definition) is 6. The van der Waals surface area contributed by atoms with Crippen molar-refractivity contribution in [2.45, 2.75) is 39.7 Å². The molecule has 2 aromatic carbocycles. The van der Waals surface area contributed by atoms with Crippen LogP contribution in [0.25, 0.3) is 20.8 Å². The van der Waals surface area contributed by atoms with E-state index in [1.165, 1.54) is 5.56 Å². The Morgan fingerprint density at radius 3 is 2.80 bits per heavy atom. The Morgan fingerprint density at radius 2 is 2.00 bits per heavy atom. The van der Waals surface area contributed by atoms with E-state index in [0.717, 1.165) is 49.9 Å². The molecule has 0 saturated heterocycles. The molecule has 0 aliphatic carbocycles. The summed E-state index contributed by atoms with van der Waals surface area (Å²) in [5.74, 6) is 0.575. The Labute approximate surface area is 212 Å². The highest BCUT2D eigenvalue weighted by atomic mass is 32.1. The number of carbonyl (C=O) groups is 2. The van der Waals surface area contributed by atoms with Crippen molar-refractivity contribution >= 4 is 49.7 Å². The Balaban J connectivity index is 1.49. The van der Waals surface area contributed by atoms with E-state index in [9.17, 15) is 9.59 Å². The number of carbonyl (C=O) groups excluding carboxylic acids is 2. The van der Waals surface area contributed by atoms with E-state index < -0.39 is 0 Å². The average Bonchev–Trinajstić information content (AvgIpc) is 3.44. The first-order chi connectivity index (χ1) is 17.0. The number of thiazole rings is 1. The number of para-hydroxylation sites is 1. The van der Waals surface area contributed by atoms with Crippen LogP contribution in [0.5, 0.6) is 5.75 Å². The number of hydrogen-bond donors (Lipinski definition) is 1. The lowest BCUT2D eigenvalue weighted by Gasteiger charge is -2.26. The Morgan fingerprint density at radius 1 is 1.14 bits per heavy atom. The highest BCUT2D eigenvalue weighted by molar-refractivity contribution is 7.23. The molecule has 1 aliphatic rings. The second-order valence-corrected chi connectivity index (χ2v) is 10.7. The molecule has 3 heterocycles. The number of aromatic nitrogens is 1. The first-order valence-electron chi connectivity index (χ1n) is 11.8. The number of fused-ring (bicyclic) bond motifs is 2. The first kappa shape index (κ1) is 23.5. The maximum atomic E-state index is 13.3. The Hall–Kier alpha value is -3.23. The largest absolute Gasteiger partial charge is 0.494 e. The molecule has 8 heteroatoms. The predicted molar refractivity (Wildman–Crippen MR) is 143 cm³/mol. The standard InChI is InChI=1S/C27H27N3O3S2/c1-3-4-14-33-19-9-7-8-18(15-19)25(32)29-27-24(26-28-21-10-5-6-11-22(21)34-26)20-12-13-30(17(2)31)16-23(20)35-27/h5-11,15H,3-4,12-14,16H2,1-2H3,(H,29,32). The first-order valence-corrected chi connectivity index (χ1v) is 13.5. The predicted octanol–water partition coefficient (Wildman–Crippen LogP) is 6.36. The van der Waals surface area contributed by atoms with Crippen LogP contribution in [0.1, 0.15) is 47.5 Å². The van der Waals surface area contributed by atoms with Crippen LogP contribution in [0.15, 0.2) is 48.5 Å². The second-order valence-electron chi connectivity index (χ2n) is 8.57. The van der Waals surface area contributed by atoms with Crippen molar-refractivity contribution in [1.82, 2.24) is 9.88 Å². The third kappa shape index (κ3) is 4.94. The van der Waals surface area contributed by atoms with Crippen molar-refractivity contribution in [2.24, 2.45) is 0 Å². The quantitative estimate of drug-likeness (QED) is 0.297. The van der Waals surface area contributed by atoms with Crippen molar-refractivity contribution in [1.29, 1.82) is 0 Å². The van der Waals surface area contributed by atoms with E-state index in [4.69, 9.17) is 9.72 Å². The number of nitrogens with one attached hydrogen (secondary N) is 1. The second kappa shape index (κ2) is 10.2. The zero-order chi connectivity index (χ0) is 24.4. The van der Waals surface area contributed by atoms with Gasteiger partial charge in [-0.15, -0.1) is 22.7 Å². The van der Waals surface area contributed by atoms with Crippen LogP contribution < -0.4 is 10.1 Å². The molecule has 0 fully saturated rings. The lowest BCUT2D eigenvalue weighted by atomic mass is 10.0. The van der Waals surface area contributed by atoms with Gasteiger partial charge >= 0.3 is 0 Å². The molecule has 0 spiro atoms. The third-order valence-electron chi connectivity index (χ3n) is 6.10. The number of thiophene rings is 1. The van der Waals surface area contributed by atoms with Crippen LogP contribution >= 0.6 is 22.7 Å². The molecule has 0 radical (unpaired) electrons. The number of ether oxygens (including phenoxy) is 1. The molecule has 6 nitrogen and oxygen atoms in total. The molecule has 35 heavy (non-hydrogen) atoms. The number of nitrogens with zero attached hydrogens (tertiary/aromatic N) is 2. The molecule has 1 aliphatic heterocycles. The van der Waals surface area contributed by atoms with E-state index >= 15 is 0 Å². The molecule has 5 rings (SSSR count). The summed E-state index contributed by atoms with van der Waals surface area (Å²) in [7, 11) is 0. The van der Waals surface area contributed by atoms with Crippen LogP contribution in [-0.4, -0.2) is 34.8 Å². The van der Waals surface area contributed by atoms with Gasteiger partial charge in [0.2, 0.25) is 5.91 Å². The van der Waals surface area contributed by atoms with Crippen molar-refractivity contribution in [3.8, 4) is 16.3 Å². The Kier molecular flexibility index (Phi) is 6.83. The number of benzene rings is 2. The summed E-state index contributed by atoms with van der Waals surface area (Å²) in [5, 5.41) is 4.83. The molecule has 2 aromatic heterocycles. The highest BCUT2D eigenvalue weighted by Crippen LogP contribution is 2.45. The topological polar surface area (TPSA) is 71.5 Å². The van der Waals surface area contributed by atoms with Crippen LogP contribution in [0.2, 0.25) is 0 Å². The van der Waals surface area contributed by atoms with Crippen LogP contribution in [-0.2, 0) is 17.8 Å². The van der Waals surface area contributed by atoms with Gasteiger partial charge in [0.05, 0.1) is 23.4 Å². The summed E-state index contributed by atoms with van der Waals surface area (Å²) in [6.07, 6.45) is 2.77. The summed E-state index contributed by atoms with van der Waals surface area (Å²) in [5.41, 5.74) is 3.66. The van der Waals surface area contributed by atoms with E-state index in [-0.39, 0.29) is 11.8 Å². The van der Waals surface area contributed by atoms with Crippen molar-refractivity contribution in [3.63, 3.8) is 0 Å². The number of rotatable bonds is 7. The van der Waals surface area contributed by atoms with Gasteiger partial charge < -0.3 is 15.0 Å². The molecule has 0 unspecified atom stereocenters. The number of amides is 2. The molecule has 0 saturated carbocycles. The third-order valence-corrected chi connectivity index (χ3v) is 8.29. The monoisotopic (exact) mass is 505 g/mol. The van der Waals surface area contributed by atoms with Crippen molar-refractivity contribution < 1.29 is 14.3 Å². The molecule has 0 bridgehead atoms.